The van der Waals surface area contributed by atoms with E-state index in [4.69, 9.17) is 5.73 Å². The van der Waals surface area contributed by atoms with Crippen LogP contribution in [0.2, 0.25) is 0 Å². The molecule has 1 aromatic carbocycles. The third kappa shape index (κ3) is 3.30. The van der Waals surface area contributed by atoms with Crippen LogP contribution in [-0.4, -0.2) is 47.8 Å². The van der Waals surface area contributed by atoms with Crippen LogP contribution in [0.25, 0.3) is 0 Å². The second-order valence-electron chi connectivity index (χ2n) is 6.07. The summed E-state index contributed by atoms with van der Waals surface area (Å²) in [5.41, 5.74) is 6.71. The second-order valence-corrected chi connectivity index (χ2v) is 6.07. The number of hydrogen-bond donors (Lipinski definition) is 1. The van der Waals surface area contributed by atoms with Crippen LogP contribution in [0.15, 0.2) is 30.3 Å². The van der Waals surface area contributed by atoms with Gasteiger partial charge < -0.3 is 15.5 Å². The van der Waals surface area contributed by atoms with Crippen molar-refractivity contribution in [2.24, 2.45) is 11.7 Å². The third-order valence-electron chi connectivity index (χ3n) is 4.61. The Hall–Kier alpha value is -1.88. The van der Waals surface area contributed by atoms with E-state index in [0.29, 0.717) is 13.1 Å². The van der Waals surface area contributed by atoms with Gasteiger partial charge in [0.25, 0.3) is 0 Å². The molecule has 0 aromatic heterocycles. The fourth-order valence-electron chi connectivity index (χ4n) is 2.85. The highest BCUT2D eigenvalue weighted by Crippen LogP contribution is 2.29. The predicted octanol–water partition coefficient (Wildman–Crippen LogP) is 1.40. The van der Waals surface area contributed by atoms with E-state index >= 15 is 0 Å². The topological polar surface area (TPSA) is 66.6 Å². The third-order valence-corrected chi connectivity index (χ3v) is 4.61. The molecule has 1 fully saturated rings. The van der Waals surface area contributed by atoms with Crippen molar-refractivity contribution in [2.45, 2.75) is 32.4 Å². The molecule has 5 nitrogen and oxygen atoms in total. The van der Waals surface area contributed by atoms with Gasteiger partial charge in [-0.2, -0.15) is 0 Å². The highest BCUT2D eigenvalue weighted by molar-refractivity contribution is 5.89. The summed E-state index contributed by atoms with van der Waals surface area (Å²) < 4.78 is 0. The van der Waals surface area contributed by atoms with E-state index in [1.807, 2.05) is 44.2 Å². The van der Waals surface area contributed by atoms with E-state index < -0.39 is 0 Å². The molecule has 0 saturated carbocycles. The van der Waals surface area contributed by atoms with Gasteiger partial charge in [-0.25, -0.2) is 0 Å². The quantitative estimate of drug-likeness (QED) is 0.894. The number of rotatable bonds is 5. The van der Waals surface area contributed by atoms with Crippen molar-refractivity contribution in [1.82, 2.24) is 9.80 Å². The number of amides is 2. The second kappa shape index (κ2) is 6.92. The monoisotopic (exact) mass is 303 g/mol. The molecular formula is C17H25N3O2. The molecule has 2 N–H and O–H groups in total. The van der Waals surface area contributed by atoms with Crippen molar-refractivity contribution in [3.63, 3.8) is 0 Å². The number of benzene rings is 1. The Bertz CT molecular complexity index is 532. The first-order valence-corrected chi connectivity index (χ1v) is 7.76. The Labute approximate surface area is 132 Å². The number of carbonyl (C=O) groups is 2. The van der Waals surface area contributed by atoms with Gasteiger partial charge in [-0.3, -0.25) is 9.59 Å². The average molecular weight is 303 g/mol. The minimum atomic E-state index is -0.266. The summed E-state index contributed by atoms with van der Waals surface area (Å²) >= 11 is 0. The Balaban J connectivity index is 2.06. The van der Waals surface area contributed by atoms with E-state index in [9.17, 15) is 9.59 Å². The van der Waals surface area contributed by atoms with Crippen LogP contribution in [0.5, 0.6) is 0 Å². The molecular weight excluding hydrogens is 278 g/mol. The molecule has 120 valence electrons. The fraction of sp³-hybridized carbons (Fsp3) is 0.529. The number of likely N-dealkylation sites (N-methyl/N-ethyl adjacent to an activating group) is 1. The molecule has 1 aliphatic heterocycles. The Morgan fingerprint density at radius 2 is 2.00 bits per heavy atom. The van der Waals surface area contributed by atoms with Gasteiger partial charge in [-0.15, -0.1) is 0 Å². The van der Waals surface area contributed by atoms with E-state index in [2.05, 4.69) is 0 Å². The first kappa shape index (κ1) is 16.5. The van der Waals surface area contributed by atoms with E-state index in [0.717, 1.165) is 5.56 Å². The molecule has 0 radical (unpaired) electrons. The minimum Gasteiger partial charge on any atom is -0.341 e. The maximum Gasteiger partial charge on any atom is 0.228 e. The van der Waals surface area contributed by atoms with Gasteiger partial charge in [-0.05, 0) is 19.4 Å². The first-order chi connectivity index (χ1) is 10.5. The van der Waals surface area contributed by atoms with Gasteiger partial charge in [0.05, 0.1) is 12.0 Å². The SMILES string of the molecule is CC(CN)N(C)C(=O)C1CC(=O)N(C(C)c2ccccc2)C1. The number of nitrogens with zero attached hydrogens (tertiary/aromatic N) is 2. The van der Waals surface area contributed by atoms with Gasteiger partial charge in [0.2, 0.25) is 11.8 Å². The lowest BCUT2D eigenvalue weighted by atomic mass is 10.1. The van der Waals surface area contributed by atoms with Gasteiger partial charge >= 0.3 is 0 Å². The maximum absolute atomic E-state index is 12.5. The van der Waals surface area contributed by atoms with Gasteiger partial charge in [0.1, 0.15) is 0 Å². The molecule has 22 heavy (non-hydrogen) atoms. The smallest absolute Gasteiger partial charge is 0.228 e. The molecule has 3 atom stereocenters. The summed E-state index contributed by atoms with van der Waals surface area (Å²) in [7, 11) is 1.76. The molecule has 1 heterocycles. The zero-order valence-electron chi connectivity index (χ0n) is 13.5. The summed E-state index contributed by atoms with van der Waals surface area (Å²) in [5.74, 6) is -0.213. The predicted molar refractivity (Wildman–Crippen MR) is 86.0 cm³/mol. The first-order valence-electron chi connectivity index (χ1n) is 7.76. The van der Waals surface area contributed by atoms with Crippen molar-refractivity contribution < 1.29 is 9.59 Å². The zero-order chi connectivity index (χ0) is 16.3. The number of carbonyl (C=O) groups excluding carboxylic acids is 2. The largest absolute Gasteiger partial charge is 0.341 e. The normalized spacial score (nSPS) is 20.8. The lowest BCUT2D eigenvalue weighted by Crippen LogP contribution is -2.43. The lowest BCUT2D eigenvalue weighted by Gasteiger charge is -2.28. The van der Waals surface area contributed by atoms with Crippen LogP contribution in [0.4, 0.5) is 0 Å². The van der Waals surface area contributed by atoms with Crippen LogP contribution in [0.1, 0.15) is 31.9 Å². The zero-order valence-corrected chi connectivity index (χ0v) is 13.5. The summed E-state index contributed by atoms with van der Waals surface area (Å²) in [6.07, 6.45) is 0.289. The Morgan fingerprint density at radius 3 is 2.59 bits per heavy atom. The van der Waals surface area contributed by atoms with Crippen molar-refractivity contribution >= 4 is 11.8 Å². The van der Waals surface area contributed by atoms with Crippen LogP contribution < -0.4 is 5.73 Å². The van der Waals surface area contributed by atoms with E-state index in [1.54, 1.807) is 16.8 Å². The van der Waals surface area contributed by atoms with Gasteiger partial charge in [-0.1, -0.05) is 30.3 Å². The van der Waals surface area contributed by atoms with Crippen molar-refractivity contribution in [3.8, 4) is 0 Å². The Kier molecular flexibility index (Phi) is 5.19. The molecule has 2 rings (SSSR count). The highest BCUT2D eigenvalue weighted by Gasteiger charge is 2.38. The number of likely N-dealkylation sites (tertiary alicyclic amines) is 1. The molecule has 2 amide bonds. The van der Waals surface area contributed by atoms with Crippen molar-refractivity contribution in [1.29, 1.82) is 0 Å². The van der Waals surface area contributed by atoms with E-state index in [-0.39, 0.29) is 36.2 Å². The van der Waals surface area contributed by atoms with Crippen LogP contribution in [0, 0.1) is 5.92 Å². The summed E-state index contributed by atoms with van der Waals surface area (Å²) in [5, 5.41) is 0. The maximum atomic E-state index is 12.5. The van der Waals surface area contributed by atoms with Gasteiger partial charge in [0, 0.05) is 32.6 Å². The molecule has 0 bridgehead atoms. The van der Waals surface area contributed by atoms with Crippen LogP contribution in [-0.2, 0) is 9.59 Å². The molecule has 3 unspecified atom stereocenters. The summed E-state index contributed by atoms with van der Waals surface area (Å²) in [6, 6.07) is 9.88. The van der Waals surface area contributed by atoms with Crippen LogP contribution in [0.3, 0.4) is 0 Å². The molecule has 1 aliphatic rings. The van der Waals surface area contributed by atoms with E-state index in [1.165, 1.54) is 0 Å². The molecule has 5 heteroatoms. The van der Waals surface area contributed by atoms with Crippen molar-refractivity contribution in [3.05, 3.63) is 35.9 Å². The van der Waals surface area contributed by atoms with Gasteiger partial charge in [0.15, 0.2) is 0 Å². The highest BCUT2D eigenvalue weighted by atomic mass is 16.2. The minimum absolute atomic E-state index is 0.00839. The molecule has 0 aliphatic carbocycles. The fourth-order valence-corrected chi connectivity index (χ4v) is 2.85. The summed E-state index contributed by atoms with van der Waals surface area (Å²) in [6.45, 7) is 4.83. The van der Waals surface area contributed by atoms with Crippen LogP contribution >= 0.6 is 0 Å². The lowest BCUT2D eigenvalue weighted by molar-refractivity contribution is -0.136. The molecule has 1 saturated heterocycles. The molecule has 0 spiro atoms. The Morgan fingerprint density at radius 1 is 1.36 bits per heavy atom. The standard InChI is InChI=1S/C17H25N3O2/c1-12(10-18)19(3)17(22)15-9-16(21)20(11-15)13(2)14-7-5-4-6-8-14/h4-8,12-13,15H,9-11,18H2,1-3H3. The van der Waals surface area contributed by atoms with Crippen molar-refractivity contribution in [2.75, 3.05) is 20.1 Å². The molecule has 1 aromatic rings. The number of hydrogen-bond acceptors (Lipinski definition) is 3. The number of nitrogens with two attached hydrogens (primary N) is 1. The average Bonchev–Trinajstić information content (AvgIpc) is 2.94. The summed E-state index contributed by atoms with van der Waals surface area (Å²) in [4.78, 5) is 28.2.